The fourth-order valence-corrected chi connectivity index (χ4v) is 3.72. The fourth-order valence-electron chi connectivity index (χ4n) is 2.10. The van der Waals surface area contributed by atoms with Crippen molar-refractivity contribution in [2.45, 2.75) is 18.2 Å². The van der Waals surface area contributed by atoms with Crippen LogP contribution in [0.15, 0.2) is 35.2 Å². The molecule has 3 rings (SSSR count). The maximum Gasteiger partial charge on any atom is 0.276 e. The van der Waals surface area contributed by atoms with Crippen molar-refractivity contribution in [2.24, 2.45) is 0 Å². The predicted molar refractivity (Wildman–Crippen MR) is 88.9 cm³/mol. The van der Waals surface area contributed by atoms with Gasteiger partial charge < -0.3 is 9.47 Å². The Hall–Kier alpha value is -2.10. The van der Waals surface area contributed by atoms with Gasteiger partial charge in [0, 0.05) is 17.4 Å². The summed E-state index contributed by atoms with van der Waals surface area (Å²) in [5.74, 6) is 0.367. The van der Waals surface area contributed by atoms with Gasteiger partial charge in [-0.2, -0.15) is 0 Å². The Labute approximate surface area is 143 Å². The topological polar surface area (TPSA) is 93.7 Å². The third kappa shape index (κ3) is 3.69. The number of hydrazine groups is 1. The van der Waals surface area contributed by atoms with Crippen molar-refractivity contribution in [1.82, 2.24) is 10.3 Å². The largest absolute Gasteiger partial charge is 0.490 e. The first-order chi connectivity index (χ1) is 11.5. The number of rotatable bonds is 4. The lowest BCUT2D eigenvalue weighted by Gasteiger charge is -2.11. The van der Waals surface area contributed by atoms with Crippen LogP contribution in [0.4, 0.5) is 0 Å². The average molecular weight is 368 g/mol. The molecule has 1 amide bonds. The molecule has 0 unspecified atom stereocenters. The van der Waals surface area contributed by atoms with Gasteiger partial charge in [-0.1, -0.05) is 0 Å². The van der Waals surface area contributed by atoms with Crippen LogP contribution in [0, 0.1) is 6.92 Å². The summed E-state index contributed by atoms with van der Waals surface area (Å²) in [6.45, 7) is 2.84. The van der Waals surface area contributed by atoms with E-state index in [2.05, 4.69) is 10.3 Å². The highest BCUT2D eigenvalue weighted by Gasteiger charge is 2.20. The maximum atomic E-state index is 12.3. The highest BCUT2D eigenvalue weighted by atomic mass is 32.2. The van der Waals surface area contributed by atoms with E-state index >= 15 is 0 Å². The van der Waals surface area contributed by atoms with Gasteiger partial charge >= 0.3 is 0 Å². The summed E-state index contributed by atoms with van der Waals surface area (Å²) >= 11 is 1.28. The van der Waals surface area contributed by atoms with Crippen LogP contribution in [0.1, 0.15) is 21.0 Å². The van der Waals surface area contributed by atoms with Gasteiger partial charge in [0.2, 0.25) is 0 Å². The number of amides is 1. The van der Waals surface area contributed by atoms with Gasteiger partial charge in [-0.25, -0.2) is 8.42 Å². The van der Waals surface area contributed by atoms with Gasteiger partial charge in [-0.05, 0) is 31.2 Å². The normalized spacial score (nSPS) is 14.0. The molecule has 9 heteroatoms. The van der Waals surface area contributed by atoms with Crippen LogP contribution in [0.2, 0.25) is 0 Å². The fraction of sp³-hybridized carbons (Fsp3) is 0.267. The van der Waals surface area contributed by atoms with Gasteiger partial charge in [0.05, 0.1) is 23.0 Å². The highest BCUT2D eigenvalue weighted by molar-refractivity contribution is 7.89. The van der Waals surface area contributed by atoms with E-state index in [9.17, 15) is 13.2 Å². The van der Waals surface area contributed by atoms with Crippen LogP contribution in [0.25, 0.3) is 0 Å². The van der Waals surface area contributed by atoms with Crippen molar-refractivity contribution in [1.29, 1.82) is 0 Å². The van der Waals surface area contributed by atoms with Crippen molar-refractivity contribution in [3.05, 3.63) is 40.1 Å². The number of nitrogens with one attached hydrogen (secondary N) is 2. The van der Waals surface area contributed by atoms with Gasteiger partial charge in [-0.15, -0.1) is 16.2 Å². The Morgan fingerprint density at radius 3 is 2.58 bits per heavy atom. The summed E-state index contributed by atoms with van der Waals surface area (Å²) in [7, 11) is -3.91. The lowest BCUT2D eigenvalue weighted by atomic mass is 10.3. The van der Waals surface area contributed by atoms with E-state index < -0.39 is 15.9 Å². The molecule has 1 aromatic heterocycles. The number of hydrogen-bond donors (Lipinski definition) is 2. The van der Waals surface area contributed by atoms with Crippen LogP contribution in [-0.2, 0) is 10.0 Å². The predicted octanol–water partition coefficient (Wildman–Crippen LogP) is 1.84. The number of benzene rings is 1. The minimum absolute atomic E-state index is 0.0191. The van der Waals surface area contributed by atoms with Crippen LogP contribution in [-0.4, -0.2) is 27.5 Å². The molecule has 0 spiro atoms. The molecule has 0 radical (unpaired) electrons. The second-order valence-corrected chi connectivity index (χ2v) is 8.10. The quantitative estimate of drug-likeness (QED) is 0.803. The number of fused-ring (bicyclic) bond motifs is 1. The van der Waals surface area contributed by atoms with Crippen molar-refractivity contribution >= 4 is 27.3 Å². The summed E-state index contributed by atoms with van der Waals surface area (Å²) in [4.78, 5) is 15.4. The zero-order valence-corrected chi connectivity index (χ0v) is 14.5. The third-order valence-electron chi connectivity index (χ3n) is 3.29. The molecule has 2 heterocycles. The van der Waals surface area contributed by atoms with Crippen LogP contribution >= 0.6 is 11.3 Å². The smallest absolute Gasteiger partial charge is 0.276 e. The first kappa shape index (κ1) is 16.7. The van der Waals surface area contributed by atoms with Crippen molar-refractivity contribution < 1.29 is 22.7 Å². The van der Waals surface area contributed by atoms with Crippen LogP contribution < -0.4 is 19.7 Å². The van der Waals surface area contributed by atoms with Crippen LogP contribution in [0.5, 0.6) is 11.5 Å². The minimum atomic E-state index is -3.91. The molecule has 0 aliphatic carbocycles. The molecule has 0 atom stereocenters. The molecule has 2 aromatic rings. The van der Waals surface area contributed by atoms with Gasteiger partial charge in [0.25, 0.3) is 15.9 Å². The van der Waals surface area contributed by atoms with E-state index in [1.54, 1.807) is 18.2 Å². The summed E-state index contributed by atoms with van der Waals surface area (Å²) in [5.41, 5.74) is 2.20. The number of thiophene rings is 1. The first-order valence-corrected chi connectivity index (χ1v) is 9.54. The highest BCUT2D eigenvalue weighted by Crippen LogP contribution is 2.31. The van der Waals surface area contributed by atoms with Crippen molar-refractivity contribution in [2.75, 3.05) is 13.2 Å². The van der Waals surface area contributed by atoms with Gasteiger partial charge in [0.15, 0.2) is 11.5 Å². The Bertz CT molecular complexity index is 860. The molecule has 0 bridgehead atoms. The molecule has 1 aliphatic heterocycles. The van der Waals surface area contributed by atoms with E-state index in [0.717, 1.165) is 11.3 Å². The number of sulfonamides is 1. The SMILES string of the molecule is Cc1ccc(C(=O)NNS(=O)(=O)c2ccc3c(c2)OCCCO3)s1. The lowest BCUT2D eigenvalue weighted by Crippen LogP contribution is -2.41. The number of ether oxygens (including phenoxy) is 2. The van der Waals surface area contributed by atoms with E-state index in [1.165, 1.54) is 23.5 Å². The van der Waals surface area contributed by atoms with Gasteiger partial charge in [-0.3, -0.25) is 10.2 Å². The van der Waals surface area contributed by atoms with E-state index in [4.69, 9.17) is 9.47 Å². The van der Waals surface area contributed by atoms with Crippen LogP contribution in [0.3, 0.4) is 0 Å². The average Bonchev–Trinajstić information content (AvgIpc) is 2.86. The number of carbonyl (C=O) groups excluding carboxylic acids is 1. The summed E-state index contributed by atoms with van der Waals surface area (Å²) in [6.07, 6.45) is 0.727. The standard InChI is InChI=1S/C15H16N2O5S2/c1-10-3-6-14(23-10)15(18)16-17-24(19,20)11-4-5-12-13(9-11)22-8-2-7-21-12/h3-6,9,17H,2,7-8H2,1H3,(H,16,18). The second-order valence-electron chi connectivity index (χ2n) is 5.13. The number of carbonyl (C=O) groups is 1. The molecule has 24 heavy (non-hydrogen) atoms. The monoisotopic (exact) mass is 368 g/mol. The molecule has 0 saturated heterocycles. The number of aryl methyl sites for hydroxylation is 1. The maximum absolute atomic E-state index is 12.3. The van der Waals surface area contributed by atoms with Crippen molar-refractivity contribution in [3.63, 3.8) is 0 Å². The molecule has 1 aromatic carbocycles. The van der Waals surface area contributed by atoms with E-state index in [0.29, 0.717) is 29.6 Å². The zero-order valence-electron chi connectivity index (χ0n) is 12.9. The van der Waals surface area contributed by atoms with E-state index in [-0.39, 0.29) is 4.90 Å². The minimum Gasteiger partial charge on any atom is -0.490 e. The molecule has 7 nitrogen and oxygen atoms in total. The molecule has 0 fully saturated rings. The molecule has 0 saturated carbocycles. The second kappa shape index (κ2) is 6.80. The summed E-state index contributed by atoms with van der Waals surface area (Å²) in [6, 6.07) is 7.75. The Kier molecular flexibility index (Phi) is 4.74. The molecule has 2 N–H and O–H groups in total. The zero-order chi connectivity index (χ0) is 17.2. The molecular weight excluding hydrogens is 352 g/mol. The molecule has 128 valence electrons. The molecular formula is C15H16N2O5S2. The van der Waals surface area contributed by atoms with Crippen molar-refractivity contribution in [3.8, 4) is 11.5 Å². The first-order valence-electron chi connectivity index (χ1n) is 7.24. The summed E-state index contributed by atoms with van der Waals surface area (Å²) < 4.78 is 35.6. The Morgan fingerprint density at radius 1 is 1.12 bits per heavy atom. The lowest BCUT2D eigenvalue weighted by molar-refractivity contribution is 0.0949. The number of hydrogen-bond acceptors (Lipinski definition) is 6. The molecule has 1 aliphatic rings. The third-order valence-corrected chi connectivity index (χ3v) is 5.54. The Morgan fingerprint density at radius 2 is 1.88 bits per heavy atom. The Balaban J connectivity index is 1.73. The summed E-state index contributed by atoms with van der Waals surface area (Å²) in [5, 5.41) is 0. The van der Waals surface area contributed by atoms with E-state index in [1.807, 2.05) is 6.92 Å². The van der Waals surface area contributed by atoms with Gasteiger partial charge in [0.1, 0.15) is 0 Å².